The lowest BCUT2D eigenvalue weighted by molar-refractivity contribution is 0.683. The summed E-state index contributed by atoms with van der Waals surface area (Å²) in [5, 5.41) is 6.72. The van der Waals surface area contributed by atoms with Crippen molar-refractivity contribution in [1.29, 1.82) is 0 Å². The molecule has 1 aromatic carbocycles. The van der Waals surface area contributed by atoms with Crippen LogP contribution >= 0.6 is 27.3 Å². The van der Waals surface area contributed by atoms with Crippen LogP contribution in [0.15, 0.2) is 45.8 Å². The van der Waals surface area contributed by atoms with E-state index < -0.39 is 0 Å². The van der Waals surface area contributed by atoms with Gasteiger partial charge in [0, 0.05) is 40.9 Å². The summed E-state index contributed by atoms with van der Waals surface area (Å²) in [4.78, 5) is 8.77. The van der Waals surface area contributed by atoms with E-state index in [1.165, 1.54) is 5.56 Å². The number of hydrogen-bond donors (Lipinski definition) is 1. The van der Waals surface area contributed by atoms with Crippen molar-refractivity contribution in [2.45, 2.75) is 13.0 Å². The lowest BCUT2D eigenvalue weighted by Crippen LogP contribution is -2.17. The molecule has 0 aliphatic heterocycles. The molecule has 0 atom stereocenters. The molecule has 2 heterocycles. The van der Waals surface area contributed by atoms with Gasteiger partial charge in [0.05, 0.1) is 16.7 Å². The average Bonchev–Trinajstić information content (AvgIpc) is 2.99. The third-order valence-electron chi connectivity index (χ3n) is 3.16. The highest BCUT2D eigenvalue weighted by atomic mass is 79.9. The van der Waals surface area contributed by atoms with Gasteiger partial charge in [0.1, 0.15) is 0 Å². The first-order valence-electron chi connectivity index (χ1n) is 6.44. The second-order valence-electron chi connectivity index (χ2n) is 4.51. The van der Waals surface area contributed by atoms with E-state index >= 15 is 0 Å². The molecule has 102 valence electrons. The van der Waals surface area contributed by atoms with Crippen LogP contribution in [-0.2, 0) is 13.0 Å². The van der Waals surface area contributed by atoms with Gasteiger partial charge in [-0.3, -0.25) is 4.98 Å². The van der Waals surface area contributed by atoms with Crippen LogP contribution in [0.4, 0.5) is 0 Å². The SMILES string of the molecule is Brc1ccc(CNCCc2cscn2)c2ncccc12. The molecule has 20 heavy (non-hydrogen) atoms. The molecule has 0 aliphatic carbocycles. The number of hydrogen-bond acceptors (Lipinski definition) is 4. The molecule has 3 rings (SSSR count). The maximum atomic E-state index is 4.49. The fourth-order valence-electron chi connectivity index (χ4n) is 2.14. The number of halogens is 1. The normalized spacial score (nSPS) is 11.1. The summed E-state index contributed by atoms with van der Waals surface area (Å²) in [5.74, 6) is 0. The molecule has 0 amide bonds. The van der Waals surface area contributed by atoms with Gasteiger partial charge in [-0.05, 0) is 17.7 Å². The maximum absolute atomic E-state index is 4.49. The molecule has 2 aromatic heterocycles. The van der Waals surface area contributed by atoms with Gasteiger partial charge in [-0.25, -0.2) is 4.98 Å². The molecule has 3 aromatic rings. The van der Waals surface area contributed by atoms with Gasteiger partial charge >= 0.3 is 0 Å². The lowest BCUT2D eigenvalue weighted by atomic mass is 10.1. The summed E-state index contributed by atoms with van der Waals surface area (Å²) in [6.07, 6.45) is 2.80. The lowest BCUT2D eigenvalue weighted by Gasteiger charge is -2.08. The standard InChI is InChI=1S/C15H14BrN3S/c16-14-4-3-11(15-13(14)2-1-6-18-15)8-17-7-5-12-9-20-10-19-12/h1-4,6,9-10,17H,5,7-8H2. The molecule has 0 saturated heterocycles. The van der Waals surface area contributed by atoms with Gasteiger partial charge in [-0.2, -0.15) is 0 Å². The van der Waals surface area contributed by atoms with Crippen LogP contribution in [0, 0.1) is 0 Å². The number of thiazole rings is 1. The Balaban J connectivity index is 1.67. The first kappa shape index (κ1) is 13.7. The zero-order valence-corrected chi connectivity index (χ0v) is 13.2. The van der Waals surface area contributed by atoms with E-state index in [4.69, 9.17) is 0 Å². The van der Waals surface area contributed by atoms with Crippen molar-refractivity contribution in [2.24, 2.45) is 0 Å². The second kappa shape index (κ2) is 6.43. The highest BCUT2D eigenvalue weighted by Gasteiger charge is 2.05. The van der Waals surface area contributed by atoms with E-state index in [0.717, 1.165) is 40.6 Å². The summed E-state index contributed by atoms with van der Waals surface area (Å²) in [7, 11) is 0. The molecule has 5 heteroatoms. The molecular weight excluding hydrogens is 334 g/mol. The van der Waals surface area contributed by atoms with Crippen molar-refractivity contribution < 1.29 is 0 Å². The number of rotatable bonds is 5. The zero-order valence-electron chi connectivity index (χ0n) is 10.8. The third kappa shape index (κ3) is 3.06. The summed E-state index contributed by atoms with van der Waals surface area (Å²) in [6.45, 7) is 1.75. The Kier molecular flexibility index (Phi) is 4.40. The van der Waals surface area contributed by atoms with E-state index in [1.807, 2.05) is 17.8 Å². The van der Waals surface area contributed by atoms with Gasteiger partial charge in [-0.1, -0.05) is 28.1 Å². The minimum atomic E-state index is 0.824. The van der Waals surface area contributed by atoms with Gasteiger partial charge in [0.2, 0.25) is 0 Å². The number of fused-ring (bicyclic) bond motifs is 1. The molecule has 0 saturated carbocycles. The van der Waals surface area contributed by atoms with Crippen molar-refractivity contribution in [2.75, 3.05) is 6.54 Å². The van der Waals surface area contributed by atoms with Crippen LogP contribution < -0.4 is 5.32 Å². The number of pyridine rings is 1. The van der Waals surface area contributed by atoms with Crippen LogP contribution in [0.25, 0.3) is 10.9 Å². The van der Waals surface area contributed by atoms with Crippen LogP contribution in [-0.4, -0.2) is 16.5 Å². The van der Waals surface area contributed by atoms with E-state index in [-0.39, 0.29) is 0 Å². The number of nitrogens with zero attached hydrogens (tertiary/aromatic N) is 2. The van der Waals surface area contributed by atoms with E-state index in [9.17, 15) is 0 Å². The largest absolute Gasteiger partial charge is 0.312 e. The predicted molar refractivity (Wildman–Crippen MR) is 87.0 cm³/mol. The Labute approximate surface area is 130 Å². The highest BCUT2D eigenvalue weighted by Crippen LogP contribution is 2.25. The molecule has 0 aliphatic rings. The van der Waals surface area contributed by atoms with Crippen molar-refractivity contribution in [3.8, 4) is 0 Å². The van der Waals surface area contributed by atoms with Crippen LogP contribution in [0.5, 0.6) is 0 Å². The Bertz CT molecular complexity index is 697. The van der Waals surface area contributed by atoms with Crippen molar-refractivity contribution in [3.05, 3.63) is 57.1 Å². The molecule has 0 bridgehead atoms. The Hall–Kier alpha value is -1.30. The summed E-state index contributed by atoms with van der Waals surface area (Å²) < 4.78 is 1.09. The van der Waals surface area contributed by atoms with E-state index in [1.54, 1.807) is 11.3 Å². The highest BCUT2D eigenvalue weighted by molar-refractivity contribution is 9.10. The van der Waals surface area contributed by atoms with Gasteiger partial charge < -0.3 is 5.32 Å². The summed E-state index contributed by atoms with van der Waals surface area (Å²) in [5.41, 5.74) is 5.31. The van der Waals surface area contributed by atoms with Crippen molar-refractivity contribution in [1.82, 2.24) is 15.3 Å². The molecule has 0 unspecified atom stereocenters. The first-order valence-corrected chi connectivity index (χ1v) is 8.18. The quantitative estimate of drug-likeness (QED) is 0.713. The van der Waals surface area contributed by atoms with Crippen molar-refractivity contribution >= 4 is 38.2 Å². The van der Waals surface area contributed by atoms with Crippen LogP contribution in [0.1, 0.15) is 11.3 Å². The fourth-order valence-corrected chi connectivity index (χ4v) is 3.18. The zero-order chi connectivity index (χ0) is 13.8. The number of aromatic nitrogens is 2. The second-order valence-corrected chi connectivity index (χ2v) is 6.09. The minimum absolute atomic E-state index is 0.824. The summed E-state index contributed by atoms with van der Waals surface area (Å²) >= 11 is 5.21. The Morgan fingerprint density at radius 3 is 3.00 bits per heavy atom. The summed E-state index contributed by atoms with van der Waals surface area (Å²) in [6, 6.07) is 8.26. The monoisotopic (exact) mass is 347 g/mol. The van der Waals surface area contributed by atoms with Gasteiger partial charge in [0.25, 0.3) is 0 Å². The van der Waals surface area contributed by atoms with Gasteiger partial charge in [0.15, 0.2) is 0 Å². The molecular formula is C15H14BrN3S. The Morgan fingerprint density at radius 1 is 1.20 bits per heavy atom. The Morgan fingerprint density at radius 2 is 2.15 bits per heavy atom. The maximum Gasteiger partial charge on any atom is 0.0794 e. The smallest absolute Gasteiger partial charge is 0.0794 e. The third-order valence-corrected chi connectivity index (χ3v) is 4.48. The molecule has 0 fully saturated rings. The average molecular weight is 348 g/mol. The molecule has 0 radical (unpaired) electrons. The molecule has 0 spiro atoms. The van der Waals surface area contributed by atoms with E-state index in [2.05, 4.69) is 54.8 Å². The first-order chi connectivity index (χ1) is 9.84. The van der Waals surface area contributed by atoms with Crippen molar-refractivity contribution in [3.63, 3.8) is 0 Å². The van der Waals surface area contributed by atoms with Crippen LogP contribution in [0.2, 0.25) is 0 Å². The topological polar surface area (TPSA) is 37.8 Å². The minimum Gasteiger partial charge on any atom is -0.312 e. The van der Waals surface area contributed by atoms with Gasteiger partial charge in [-0.15, -0.1) is 11.3 Å². The number of benzene rings is 1. The fraction of sp³-hybridized carbons (Fsp3) is 0.200. The molecule has 1 N–H and O–H groups in total. The van der Waals surface area contributed by atoms with E-state index in [0.29, 0.717) is 0 Å². The number of nitrogens with one attached hydrogen (secondary N) is 1. The predicted octanol–water partition coefficient (Wildman–Crippen LogP) is 3.79. The van der Waals surface area contributed by atoms with Crippen LogP contribution in [0.3, 0.4) is 0 Å². The molecule has 3 nitrogen and oxygen atoms in total.